The molecule has 1 unspecified atom stereocenters. The molecular weight excluding hydrogens is 264 g/mol. The van der Waals surface area contributed by atoms with E-state index in [0.29, 0.717) is 6.54 Å². The first-order valence-electron chi connectivity index (χ1n) is 7.05. The predicted molar refractivity (Wildman–Crippen MR) is 76.9 cm³/mol. The Morgan fingerprint density at radius 1 is 1.10 bits per heavy atom. The van der Waals surface area contributed by atoms with E-state index in [0.717, 1.165) is 18.9 Å². The fourth-order valence-electron chi connectivity index (χ4n) is 2.08. The molecule has 0 saturated carbocycles. The van der Waals surface area contributed by atoms with Gasteiger partial charge in [-0.3, -0.25) is 0 Å². The maximum absolute atomic E-state index is 13.6. The Labute approximate surface area is 118 Å². The number of aromatic nitrogens is 1. The Morgan fingerprint density at radius 3 is 2.15 bits per heavy atom. The summed E-state index contributed by atoms with van der Waals surface area (Å²) in [6.07, 6.45) is 1.11. The Kier molecular flexibility index (Phi) is 6.64. The van der Waals surface area contributed by atoms with Crippen molar-refractivity contribution in [1.82, 2.24) is 4.98 Å². The molecule has 0 aliphatic rings. The lowest BCUT2D eigenvalue weighted by atomic mass is 9.96. The molecule has 0 spiro atoms. The van der Waals surface area contributed by atoms with Crippen molar-refractivity contribution < 1.29 is 13.9 Å². The van der Waals surface area contributed by atoms with Gasteiger partial charge in [0.2, 0.25) is 0 Å². The number of hydrogen-bond donors (Lipinski definition) is 3. The molecule has 1 rings (SSSR count). The summed E-state index contributed by atoms with van der Waals surface area (Å²) in [5.41, 5.74) is 0. The van der Waals surface area contributed by atoms with Crippen molar-refractivity contribution in [2.45, 2.75) is 39.7 Å². The van der Waals surface area contributed by atoms with Crippen LogP contribution in [0.15, 0.2) is 6.07 Å². The van der Waals surface area contributed by atoms with E-state index in [1.807, 2.05) is 13.8 Å². The molecule has 1 aromatic heterocycles. The Bertz CT molecular complexity index is 425. The smallest absolute Gasteiger partial charge is 0.168 e. The van der Waals surface area contributed by atoms with Gasteiger partial charge in [-0.15, -0.1) is 0 Å². The Morgan fingerprint density at radius 2 is 1.65 bits per heavy atom. The van der Waals surface area contributed by atoms with Crippen molar-refractivity contribution in [2.75, 3.05) is 23.7 Å². The molecule has 1 heterocycles. The number of hydrogen-bond acceptors (Lipinski definition) is 4. The highest BCUT2D eigenvalue weighted by molar-refractivity contribution is 5.47. The molecule has 114 valence electrons. The maximum atomic E-state index is 13.6. The maximum Gasteiger partial charge on any atom is 0.168 e. The van der Waals surface area contributed by atoms with Gasteiger partial charge >= 0.3 is 0 Å². The van der Waals surface area contributed by atoms with E-state index in [4.69, 9.17) is 0 Å². The summed E-state index contributed by atoms with van der Waals surface area (Å²) in [6, 6.07) is 0.789. The summed E-state index contributed by atoms with van der Waals surface area (Å²) in [6.45, 7) is 6.47. The van der Waals surface area contributed by atoms with Crippen molar-refractivity contribution >= 4 is 11.6 Å². The highest BCUT2D eigenvalue weighted by Crippen LogP contribution is 2.20. The molecule has 1 aromatic rings. The van der Waals surface area contributed by atoms with Crippen LogP contribution in [0.3, 0.4) is 0 Å². The van der Waals surface area contributed by atoms with Crippen molar-refractivity contribution in [3.63, 3.8) is 0 Å². The zero-order valence-corrected chi connectivity index (χ0v) is 12.2. The number of anilines is 2. The lowest BCUT2D eigenvalue weighted by molar-refractivity contribution is 0.114. The second-order valence-corrected chi connectivity index (χ2v) is 4.70. The van der Waals surface area contributed by atoms with E-state index < -0.39 is 17.7 Å². The largest absolute Gasteiger partial charge is 0.391 e. The zero-order chi connectivity index (χ0) is 15.1. The quantitative estimate of drug-likeness (QED) is 0.688. The zero-order valence-electron chi connectivity index (χ0n) is 12.2. The number of rotatable bonds is 8. The molecule has 0 saturated heterocycles. The molecule has 0 aliphatic heterocycles. The van der Waals surface area contributed by atoms with Crippen LogP contribution in [0.25, 0.3) is 0 Å². The van der Waals surface area contributed by atoms with E-state index in [1.165, 1.54) is 0 Å². The van der Waals surface area contributed by atoms with Crippen LogP contribution in [0.4, 0.5) is 20.4 Å². The number of aliphatic hydroxyl groups is 1. The first-order chi connectivity index (χ1) is 9.53. The van der Waals surface area contributed by atoms with E-state index in [-0.39, 0.29) is 24.1 Å². The van der Waals surface area contributed by atoms with Crippen LogP contribution in [0.5, 0.6) is 0 Å². The summed E-state index contributed by atoms with van der Waals surface area (Å²) in [5.74, 6) is -1.38. The van der Waals surface area contributed by atoms with Crippen LogP contribution in [0, 0.1) is 17.6 Å². The van der Waals surface area contributed by atoms with Gasteiger partial charge < -0.3 is 15.7 Å². The van der Waals surface area contributed by atoms with E-state index in [2.05, 4.69) is 15.6 Å². The van der Waals surface area contributed by atoms with Crippen molar-refractivity contribution in [1.29, 1.82) is 0 Å². The normalized spacial score (nSPS) is 12.6. The minimum Gasteiger partial charge on any atom is -0.391 e. The highest BCUT2D eigenvalue weighted by atomic mass is 19.1. The summed E-state index contributed by atoms with van der Waals surface area (Å²) >= 11 is 0. The van der Waals surface area contributed by atoms with E-state index in [9.17, 15) is 13.9 Å². The van der Waals surface area contributed by atoms with Crippen LogP contribution in [0.2, 0.25) is 0 Å². The lowest BCUT2D eigenvalue weighted by Gasteiger charge is -2.21. The molecule has 0 fully saturated rings. The molecule has 1 atom stereocenters. The fraction of sp³-hybridized carbons (Fsp3) is 0.643. The molecule has 0 aromatic carbocycles. The Hall–Kier alpha value is -1.43. The average Bonchev–Trinajstić information content (AvgIpc) is 2.42. The number of nitrogens with one attached hydrogen (secondary N) is 2. The second-order valence-electron chi connectivity index (χ2n) is 4.70. The van der Waals surface area contributed by atoms with Gasteiger partial charge in [0.05, 0.1) is 6.10 Å². The van der Waals surface area contributed by atoms with Crippen LogP contribution in [0.1, 0.15) is 33.6 Å². The van der Waals surface area contributed by atoms with Crippen molar-refractivity contribution in [3.8, 4) is 0 Å². The van der Waals surface area contributed by atoms with E-state index in [1.54, 1.807) is 6.92 Å². The van der Waals surface area contributed by atoms with Crippen LogP contribution in [-0.4, -0.2) is 29.3 Å². The summed E-state index contributed by atoms with van der Waals surface area (Å²) in [5, 5.41) is 15.5. The molecule has 0 amide bonds. The average molecular weight is 287 g/mol. The van der Waals surface area contributed by atoms with Crippen LogP contribution in [-0.2, 0) is 0 Å². The SMILES string of the molecule is CCNc1nc(NCC(O)C(CC)CC)c(F)cc1F. The van der Waals surface area contributed by atoms with Crippen molar-refractivity contribution in [3.05, 3.63) is 17.7 Å². The Balaban J connectivity index is 2.74. The van der Waals surface area contributed by atoms with Crippen LogP contribution >= 0.6 is 0 Å². The third-order valence-electron chi connectivity index (χ3n) is 3.35. The molecule has 6 heteroatoms. The number of aliphatic hydroxyl groups excluding tert-OH is 1. The molecule has 3 N–H and O–H groups in total. The summed E-state index contributed by atoms with van der Waals surface area (Å²) < 4.78 is 27.0. The number of halogens is 2. The molecule has 20 heavy (non-hydrogen) atoms. The fourth-order valence-corrected chi connectivity index (χ4v) is 2.08. The van der Waals surface area contributed by atoms with Gasteiger partial charge in [-0.1, -0.05) is 26.7 Å². The first kappa shape index (κ1) is 16.6. The minimum atomic E-state index is -0.763. The van der Waals surface area contributed by atoms with E-state index >= 15 is 0 Å². The number of pyridine rings is 1. The van der Waals surface area contributed by atoms with Gasteiger partial charge in [0.15, 0.2) is 23.3 Å². The van der Waals surface area contributed by atoms with Crippen LogP contribution < -0.4 is 10.6 Å². The summed E-state index contributed by atoms with van der Waals surface area (Å²) in [7, 11) is 0. The monoisotopic (exact) mass is 287 g/mol. The molecule has 0 bridgehead atoms. The lowest BCUT2D eigenvalue weighted by Crippen LogP contribution is -2.28. The van der Waals surface area contributed by atoms with Gasteiger partial charge in [-0.25, -0.2) is 13.8 Å². The third kappa shape index (κ3) is 4.30. The van der Waals surface area contributed by atoms with Gasteiger partial charge in [-0.2, -0.15) is 0 Å². The second kappa shape index (κ2) is 7.99. The van der Waals surface area contributed by atoms with Gasteiger partial charge in [0, 0.05) is 19.2 Å². The molecule has 0 aliphatic carbocycles. The van der Waals surface area contributed by atoms with Gasteiger partial charge in [-0.05, 0) is 12.8 Å². The standard InChI is InChI=1S/C14H23F2N3O/c1-4-9(5-2)12(20)8-18-14-11(16)7-10(15)13(19-14)17-6-3/h7,9,12,20H,4-6,8H2,1-3H3,(H2,17,18,19). The minimum absolute atomic E-state index is 0.00780. The topological polar surface area (TPSA) is 57.2 Å². The highest BCUT2D eigenvalue weighted by Gasteiger charge is 2.17. The summed E-state index contributed by atoms with van der Waals surface area (Å²) in [4.78, 5) is 3.86. The van der Waals surface area contributed by atoms with Gasteiger partial charge in [0.25, 0.3) is 0 Å². The van der Waals surface area contributed by atoms with Crippen molar-refractivity contribution in [2.24, 2.45) is 5.92 Å². The third-order valence-corrected chi connectivity index (χ3v) is 3.35. The molecule has 4 nitrogen and oxygen atoms in total. The molecule has 0 radical (unpaired) electrons. The molecular formula is C14H23F2N3O. The predicted octanol–water partition coefficient (Wildman–Crippen LogP) is 3.00. The number of nitrogens with zero attached hydrogens (tertiary/aromatic N) is 1. The van der Waals surface area contributed by atoms with Gasteiger partial charge in [0.1, 0.15) is 0 Å². The first-order valence-corrected chi connectivity index (χ1v) is 7.05.